The van der Waals surface area contributed by atoms with E-state index in [2.05, 4.69) is 6.58 Å². The predicted octanol–water partition coefficient (Wildman–Crippen LogP) is 1.31. The molecule has 0 aliphatic carbocycles. The van der Waals surface area contributed by atoms with Crippen LogP contribution in [0.4, 0.5) is 0 Å². The molecule has 0 bridgehead atoms. The van der Waals surface area contributed by atoms with Crippen LogP contribution in [0, 0.1) is 0 Å². The van der Waals surface area contributed by atoms with Crippen molar-refractivity contribution in [3.63, 3.8) is 0 Å². The maximum Gasteiger partial charge on any atom is 0.316 e. The molecule has 1 unspecified atom stereocenters. The molecule has 0 aliphatic rings. The van der Waals surface area contributed by atoms with E-state index in [0.29, 0.717) is 5.56 Å². The van der Waals surface area contributed by atoms with E-state index in [-0.39, 0.29) is 33.9 Å². The van der Waals surface area contributed by atoms with Crippen LogP contribution in [0.2, 0.25) is 0 Å². The normalized spacial score (nSPS) is 12.7. The summed E-state index contributed by atoms with van der Waals surface area (Å²) in [5, 5.41) is 0. The van der Waals surface area contributed by atoms with Crippen LogP contribution in [0.15, 0.2) is 41.8 Å². The fourth-order valence-corrected chi connectivity index (χ4v) is 2.02. The molecule has 1 N–H and O–H groups in total. The van der Waals surface area contributed by atoms with Gasteiger partial charge in [-0.3, -0.25) is 4.55 Å². The van der Waals surface area contributed by atoms with E-state index < -0.39 is 10.1 Å². The molecule has 1 rings (SSSR count). The van der Waals surface area contributed by atoms with Crippen molar-refractivity contribution in [2.45, 2.75) is 17.7 Å². The molecule has 0 radical (unpaired) electrons. The average Bonchev–Trinajstić information content (AvgIpc) is 2.15. The quantitative estimate of drug-likeness (QED) is 0.491. The number of benzene rings is 1. The van der Waals surface area contributed by atoms with Crippen molar-refractivity contribution in [3.05, 3.63) is 42.5 Å². The standard InChI is InChI=1S/C10H12O3S.Mg.2H/c1-3-8(2)9-6-4-5-7-10(9)14(11,12)13;;;/h3-8H,1H2,2H3,(H,11,12,13);;;. The third-order valence-corrected chi connectivity index (χ3v) is 2.97. The Labute approximate surface area is 106 Å². The molecule has 15 heavy (non-hydrogen) atoms. The summed E-state index contributed by atoms with van der Waals surface area (Å²) < 4.78 is 30.9. The smallest absolute Gasteiger partial charge is 0.282 e. The minimum atomic E-state index is -4.14. The van der Waals surface area contributed by atoms with Crippen molar-refractivity contribution < 1.29 is 13.0 Å². The van der Waals surface area contributed by atoms with E-state index in [4.69, 9.17) is 4.55 Å². The largest absolute Gasteiger partial charge is 0.316 e. The van der Waals surface area contributed by atoms with Crippen molar-refractivity contribution >= 4 is 33.2 Å². The Morgan fingerprint density at radius 3 is 2.40 bits per heavy atom. The van der Waals surface area contributed by atoms with Crippen molar-refractivity contribution in [1.29, 1.82) is 0 Å². The number of hydrogen-bond donors (Lipinski definition) is 1. The summed E-state index contributed by atoms with van der Waals surface area (Å²) in [6.45, 7) is 5.40. The lowest BCUT2D eigenvalue weighted by molar-refractivity contribution is 0.481. The first-order chi connectivity index (χ1) is 6.46. The molecule has 1 aromatic carbocycles. The highest BCUT2D eigenvalue weighted by Gasteiger charge is 2.16. The molecule has 0 fully saturated rings. The van der Waals surface area contributed by atoms with Crippen LogP contribution < -0.4 is 0 Å². The molecule has 0 amide bonds. The molecule has 80 valence electrons. The van der Waals surface area contributed by atoms with Crippen molar-refractivity contribution in [2.24, 2.45) is 0 Å². The zero-order chi connectivity index (χ0) is 10.8. The molecular formula is C10H14MgO3S. The van der Waals surface area contributed by atoms with Crippen molar-refractivity contribution in [1.82, 2.24) is 0 Å². The molecular weight excluding hydrogens is 224 g/mol. The van der Waals surface area contributed by atoms with Gasteiger partial charge in [0.2, 0.25) is 0 Å². The van der Waals surface area contributed by atoms with E-state index in [1.54, 1.807) is 24.3 Å². The van der Waals surface area contributed by atoms with Crippen LogP contribution in [-0.2, 0) is 10.1 Å². The second kappa shape index (κ2) is 5.65. The SMILES string of the molecule is C=CC(C)c1ccccc1S(=O)(=O)O.[MgH2]. The van der Waals surface area contributed by atoms with E-state index >= 15 is 0 Å². The molecule has 1 aromatic rings. The van der Waals surface area contributed by atoms with E-state index in [1.165, 1.54) is 6.07 Å². The van der Waals surface area contributed by atoms with E-state index in [0.717, 1.165) is 0 Å². The molecule has 0 heterocycles. The van der Waals surface area contributed by atoms with Gasteiger partial charge in [0.15, 0.2) is 0 Å². The predicted molar refractivity (Wildman–Crippen MR) is 63.4 cm³/mol. The number of allylic oxidation sites excluding steroid dienone is 1. The van der Waals surface area contributed by atoms with Crippen LogP contribution in [0.1, 0.15) is 18.4 Å². The van der Waals surface area contributed by atoms with Gasteiger partial charge in [-0.1, -0.05) is 31.2 Å². The van der Waals surface area contributed by atoms with Crippen LogP contribution >= 0.6 is 0 Å². The van der Waals surface area contributed by atoms with E-state index in [1.807, 2.05) is 6.92 Å². The third kappa shape index (κ3) is 3.60. The van der Waals surface area contributed by atoms with Gasteiger partial charge in [0.05, 0.1) is 4.90 Å². The van der Waals surface area contributed by atoms with Gasteiger partial charge in [-0.2, -0.15) is 8.42 Å². The number of rotatable bonds is 3. The Balaban J connectivity index is 0.00000196. The fraction of sp³-hybridized carbons (Fsp3) is 0.200. The highest BCUT2D eigenvalue weighted by Crippen LogP contribution is 2.23. The Kier molecular flexibility index (Phi) is 5.51. The summed E-state index contributed by atoms with van der Waals surface area (Å²) in [7, 11) is -4.14. The van der Waals surface area contributed by atoms with Gasteiger partial charge in [-0.15, -0.1) is 6.58 Å². The highest BCUT2D eigenvalue weighted by atomic mass is 32.2. The van der Waals surface area contributed by atoms with Gasteiger partial charge in [0.25, 0.3) is 10.1 Å². The zero-order valence-electron chi connectivity index (χ0n) is 7.84. The lowest BCUT2D eigenvalue weighted by atomic mass is 10.0. The minimum Gasteiger partial charge on any atom is -0.282 e. The Morgan fingerprint density at radius 2 is 1.93 bits per heavy atom. The highest BCUT2D eigenvalue weighted by molar-refractivity contribution is 7.85. The molecule has 5 heteroatoms. The Hall–Kier alpha value is -0.364. The second-order valence-electron chi connectivity index (χ2n) is 3.04. The number of hydrogen-bond acceptors (Lipinski definition) is 2. The van der Waals surface area contributed by atoms with Crippen LogP contribution in [0.25, 0.3) is 0 Å². The van der Waals surface area contributed by atoms with Gasteiger partial charge in [-0.25, -0.2) is 0 Å². The summed E-state index contributed by atoms with van der Waals surface area (Å²) in [6.07, 6.45) is 1.63. The van der Waals surface area contributed by atoms with Crippen molar-refractivity contribution in [2.75, 3.05) is 0 Å². The minimum absolute atomic E-state index is 0. The van der Waals surface area contributed by atoms with Gasteiger partial charge < -0.3 is 0 Å². The first-order valence-electron chi connectivity index (χ1n) is 4.15. The topological polar surface area (TPSA) is 54.4 Å². The van der Waals surface area contributed by atoms with Crippen LogP contribution in [-0.4, -0.2) is 36.0 Å². The lowest BCUT2D eigenvalue weighted by Crippen LogP contribution is -2.04. The van der Waals surface area contributed by atoms with Gasteiger partial charge in [-0.05, 0) is 11.6 Å². The lowest BCUT2D eigenvalue weighted by Gasteiger charge is -2.10. The molecule has 1 atom stereocenters. The van der Waals surface area contributed by atoms with Crippen LogP contribution in [0.5, 0.6) is 0 Å². The summed E-state index contributed by atoms with van der Waals surface area (Å²) >= 11 is 0. The third-order valence-electron chi connectivity index (χ3n) is 2.04. The molecule has 0 saturated heterocycles. The maximum absolute atomic E-state index is 11.0. The first kappa shape index (κ1) is 14.6. The summed E-state index contributed by atoms with van der Waals surface area (Å²) in [6, 6.07) is 6.34. The molecule has 0 saturated carbocycles. The van der Waals surface area contributed by atoms with Crippen molar-refractivity contribution in [3.8, 4) is 0 Å². The Morgan fingerprint density at radius 1 is 1.40 bits per heavy atom. The zero-order valence-corrected chi connectivity index (χ0v) is 8.66. The Bertz CT molecular complexity index is 440. The van der Waals surface area contributed by atoms with Gasteiger partial charge >= 0.3 is 23.1 Å². The monoisotopic (exact) mass is 238 g/mol. The van der Waals surface area contributed by atoms with E-state index in [9.17, 15) is 8.42 Å². The van der Waals surface area contributed by atoms with Gasteiger partial charge in [0.1, 0.15) is 0 Å². The summed E-state index contributed by atoms with van der Waals surface area (Å²) in [5.74, 6) is -0.104. The summed E-state index contributed by atoms with van der Waals surface area (Å²) in [4.78, 5) is -0.0487. The van der Waals surface area contributed by atoms with Gasteiger partial charge in [0, 0.05) is 5.92 Å². The fourth-order valence-electron chi connectivity index (χ4n) is 1.22. The molecule has 0 aromatic heterocycles. The summed E-state index contributed by atoms with van der Waals surface area (Å²) in [5.41, 5.74) is 0.560. The second-order valence-corrected chi connectivity index (χ2v) is 4.43. The average molecular weight is 239 g/mol. The van der Waals surface area contributed by atoms with Crippen LogP contribution in [0.3, 0.4) is 0 Å². The molecule has 0 spiro atoms. The maximum atomic E-state index is 11.0. The molecule has 3 nitrogen and oxygen atoms in total. The molecule has 0 aliphatic heterocycles. The first-order valence-corrected chi connectivity index (χ1v) is 5.60.